The number of hydrogen-bond donors (Lipinski definition) is 7. The van der Waals surface area contributed by atoms with Crippen LogP contribution in [0.5, 0.6) is 0 Å². The number of alkyl halides is 3. The molecular weight excluding hydrogens is 389 g/mol. The van der Waals surface area contributed by atoms with Crippen LogP contribution in [0.25, 0.3) is 0 Å². The van der Waals surface area contributed by atoms with Gasteiger partial charge in [0.15, 0.2) is 12.1 Å². The molecule has 3 atom stereocenters. The quantitative estimate of drug-likeness (QED) is 0.212. The minimum atomic E-state index is -5.08. The highest BCUT2D eigenvalue weighted by Gasteiger charge is 2.40. The second-order valence-corrected chi connectivity index (χ2v) is 4.52. The maximum Gasteiger partial charge on any atom is 0.490 e. The van der Waals surface area contributed by atoms with Crippen LogP contribution in [0.4, 0.5) is 13.2 Å². The van der Waals surface area contributed by atoms with Crippen molar-refractivity contribution < 1.29 is 57.6 Å². The third-order valence-corrected chi connectivity index (χ3v) is 2.61. The summed E-state index contributed by atoms with van der Waals surface area (Å²) in [6, 6.07) is -3.90. The number of nitrogens with two attached hydrogens (primary N) is 3. The minimum Gasteiger partial charge on any atom is -0.480 e. The molecule has 0 unspecified atom stereocenters. The Hall–Kier alpha value is -2.82. The third kappa shape index (κ3) is 8.40. The van der Waals surface area contributed by atoms with Crippen LogP contribution < -0.4 is 17.2 Å². The topological polar surface area (TPSA) is 248 Å². The first-order chi connectivity index (χ1) is 12.1. The molecule has 0 rings (SSSR count). The number of rotatable bonds is 7. The zero-order valence-corrected chi connectivity index (χ0v) is 13.3. The first kappa shape index (κ1) is 26.4. The lowest BCUT2D eigenvalue weighted by atomic mass is 10.1. The molecule has 27 heavy (non-hydrogen) atoms. The molecule has 0 spiro atoms. The first-order valence-electron chi connectivity index (χ1n) is 6.56. The van der Waals surface area contributed by atoms with E-state index >= 15 is 0 Å². The van der Waals surface area contributed by atoms with Crippen molar-refractivity contribution in [1.82, 2.24) is 4.90 Å². The lowest BCUT2D eigenvalue weighted by Gasteiger charge is -2.28. The number of aliphatic hydroxyl groups is 2. The highest BCUT2D eigenvalue weighted by atomic mass is 19.4. The summed E-state index contributed by atoms with van der Waals surface area (Å²) >= 11 is 0. The summed E-state index contributed by atoms with van der Waals surface area (Å²) in [6.45, 7) is -1.83. The summed E-state index contributed by atoms with van der Waals surface area (Å²) in [6.07, 6.45) is -7.20. The maximum atomic E-state index is 11.9. The van der Waals surface area contributed by atoms with Crippen LogP contribution in [-0.2, 0) is 24.0 Å². The van der Waals surface area contributed by atoms with E-state index in [1.807, 2.05) is 0 Å². The third-order valence-electron chi connectivity index (χ3n) is 2.61. The first-order valence-corrected chi connectivity index (χ1v) is 6.56. The van der Waals surface area contributed by atoms with Gasteiger partial charge in [0, 0.05) is 0 Å². The van der Waals surface area contributed by atoms with Crippen molar-refractivity contribution >= 4 is 29.7 Å². The van der Waals surface area contributed by atoms with Gasteiger partial charge in [0.05, 0.1) is 13.2 Å². The summed E-state index contributed by atoms with van der Waals surface area (Å²) in [7, 11) is 0. The highest BCUT2D eigenvalue weighted by Crippen LogP contribution is 2.13. The molecule has 0 saturated heterocycles. The predicted molar refractivity (Wildman–Crippen MR) is 76.3 cm³/mol. The molecule has 0 aliphatic carbocycles. The lowest BCUT2D eigenvalue weighted by molar-refractivity contribution is -0.192. The number of carboxylic acids is 2. The van der Waals surface area contributed by atoms with Crippen molar-refractivity contribution in [3.8, 4) is 0 Å². The van der Waals surface area contributed by atoms with Gasteiger partial charge in [-0.25, -0.2) is 9.59 Å². The Balaban J connectivity index is 0. The van der Waals surface area contributed by atoms with Crippen LogP contribution >= 0.6 is 0 Å². The average molecular weight is 406 g/mol. The highest BCUT2D eigenvalue weighted by molar-refractivity contribution is 6.03. The number of primary amides is 1. The standard InChI is InChI=1S/C9H16N4O7.C2HF3O2/c10-1-4(15)13(3(2-14)9(19)20)8(18)5(11)6(16)7(12)17;3-2(4,5)1(6)7/h3,5-6,14,16H,1-2,10-11H2,(H2,12,17)(H,19,20);(H,6,7)/t3-,5-,6-;/m0./s1. The fourth-order valence-corrected chi connectivity index (χ4v) is 1.29. The van der Waals surface area contributed by atoms with Gasteiger partial charge in [0.1, 0.15) is 6.04 Å². The van der Waals surface area contributed by atoms with Crippen LogP contribution in [-0.4, -0.2) is 92.5 Å². The number of nitrogens with zero attached hydrogens (tertiary/aromatic N) is 1. The van der Waals surface area contributed by atoms with E-state index in [0.29, 0.717) is 0 Å². The van der Waals surface area contributed by atoms with E-state index in [2.05, 4.69) is 0 Å². The van der Waals surface area contributed by atoms with Crippen molar-refractivity contribution in [2.24, 2.45) is 17.2 Å². The number of carboxylic acid groups (broad SMARTS) is 2. The average Bonchev–Trinajstić information content (AvgIpc) is 2.55. The van der Waals surface area contributed by atoms with Crippen molar-refractivity contribution in [2.75, 3.05) is 13.2 Å². The van der Waals surface area contributed by atoms with Crippen LogP contribution in [0, 0.1) is 0 Å². The summed E-state index contributed by atoms with van der Waals surface area (Å²) in [5, 5.41) is 34.1. The number of halogens is 3. The van der Waals surface area contributed by atoms with Crippen LogP contribution in [0.3, 0.4) is 0 Å². The Morgan fingerprint density at radius 1 is 1.07 bits per heavy atom. The smallest absolute Gasteiger partial charge is 0.480 e. The van der Waals surface area contributed by atoms with Gasteiger partial charge < -0.3 is 37.6 Å². The SMILES string of the molecule is NCC(=O)N(C(=O)[C@@H](N)[C@H](O)C(N)=O)[C@@H](CO)C(=O)O.O=C(O)C(F)(F)F. The van der Waals surface area contributed by atoms with Gasteiger partial charge in [-0.05, 0) is 0 Å². The molecule has 0 fully saturated rings. The van der Waals surface area contributed by atoms with Gasteiger partial charge in [-0.2, -0.15) is 13.2 Å². The monoisotopic (exact) mass is 406 g/mol. The summed E-state index contributed by atoms with van der Waals surface area (Å²) in [5.41, 5.74) is 15.0. The Morgan fingerprint density at radius 2 is 1.48 bits per heavy atom. The van der Waals surface area contributed by atoms with E-state index < -0.39 is 67.2 Å². The largest absolute Gasteiger partial charge is 0.490 e. The Bertz CT molecular complexity index is 584. The van der Waals surface area contributed by atoms with E-state index in [1.165, 1.54) is 0 Å². The fourth-order valence-electron chi connectivity index (χ4n) is 1.29. The van der Waals surface area contributed by atoms with Gasteiger partial charge in [-0.15, -0.1) is 0 Å². The Morgan fingerprint density at radius 3 is 1.70 bits per heavy atom. The van der Waals surface area contributed by atoms with Crippen molar-refractivity contribution in [1.29, 1.82) is 0 Å². The number of hydrogen-bond acceptors (Lipinski definition) is 9. The Kier molecular flexibility index (Phi) is 10.8. The fraction of sp³-hybridized carbons (Fsp3) is 0.545. The molecule has 0 aromatic carbocycles. The maximum absolute atomic E-state index is 11.9. The number of amides is 3. The number of imide groups is 1. The number of carbonyl (C=O) groups is 5. The number of aliphatic carboxylic acids is 2. The molecule has 13 nitrogen and oxygen atoms in total. The molecule has 0 aromatic rings. The molecule has 0 bridgehead atoms. The lowest BCUT2D eigenvalue weighted by Crippen LogP contribution is -2.61. The van der Waals surface area contributed by atoms with E-state index in [0.717, 1.165) is 0 Å². The van der Waals surface area contributed by atoms with E-state index in [-0.39, 0.29) is 4.90 Å². The van der Waals surface area contributed by atoms with E-state index in [4.69, 9.17) is 37.3 Å². The van der Waals surface area contributed by atoms with Crippen molar-refractivity contribution in [2.45, 2.75) is 24.4 Å². The van der Waals surface area contributed by atoms with E-state index in [9.17, 15) is 37.5 Å². The predicted octanol–water partition coefficient (Wildman–Crippen LogP) is -4.45. The number of carbonyl (C=O) groups excluding carboxylic acids is 3. The Labute approximate surface area is 148 Å². The molecule has 0 aliphatic rings. The van der Waals surface area contributed by atoms with Crippen LogP contribution in [0.1, 0.15) is 0 Å². The molecule has 0 saturated carbocycles. The normalized spacial score (nSPS) is 14.0. The van der Waals surface area contributed by atoms with Gasteiger partial charge in [0.2, 0.25) is 17.7 Å². The van der Waals surface area contributed by atoms with Gasteiger partial charge in [-0.3, -0.25) is 19.3 Å². The molecule has 3 amide bonds. The molecule has 16 heteroatoms. The minimum absolute atomic E-state index is 0.0825. The molecule has 0 radical (unpaired) electrons. The van der Waals surface area contributed by atoms with Crippen molar-refractivity contribution in [3.63, 3.8) is 0 Å². The summed E-state index contributed by atoms with van der Waals surface area (Å²) in [4.78, 5) is 54.0. The van der Waals surface area contributed by atoms with Crippen LogP contribution in [0.15, 0.2) is 0 Å². The molecular formula is C11H17F3N4O9. The molecule has 0 heterocycles. The van der Waals surface area contributed by atoms with Gasteiger partial charge >= 0.3 is 18.1 Å². The molecule has 10 N–H and O–H groups in total. The molecule has 0 aliphatic heterocycles. The van der Waals surface area contributed by atoms with Gasteiger partial charge in [0.25, 0.3) is 0 Å². The molecule has 0 aromatic heterocycles. The zero-order valence-electron chi connectivity index (χ0n) is 13.3. The van der Waals surface area contributed by atoms with E-state index in [1.54, 1.807) is 0 Å². The van der Waals surface area contributed by atoms with Crippen LogP contribution in [0.2, 0.25) is 0 Å². The second kappa shape index (κ2) is 11.0. The van der Waals surface area contributed by atoms with Gasteiger partial charge in [-0.1, -0.05) is 0 Å². The summed E-state index contributed by atoms with van der Waals surface area (Å²) in [5.74, 6) is -8.32. The number of aliphatic hydroxyl groups excluding tert-OH is 2. The zero-order chi connectivity index (χ0) is 22.1. The summed E-state index contributed by atoms with van der Waals surface area (Å²) < 4.78 is 31.7. The molecule has 156 valence electrons. The van der Waals surface area contributed by atoms with Crippen molar-refractivity contribution in [3.05, 3.63) is 0 Å². The second-order valence-electron chi connectivity index (χ2n) is 4.52.